The Morgan fingerprint density at radius 2 is 1.96 bits per heavy atom. The van der Waals surface area contributed by atoms with Crippen LogP contribution in [0.1, 0.15) is 72.1 Å². The van der Waals surface area contributed by atoms with Crippen LogP contribution in [0.15, 0.2) is 0 Å². The Morgan fingerprint density at radius 3 is 2.72 bits per heavy atom. The lowest BCUT2D eigenvalue weighted by atomic mass is 9.45. The highest BCUT2D eigenvalue weighted by Gasteiger charge is 2.76. The van der Waals surface area contributed by atoms with E-state index in [1.165, 1.54) is 6.92 Å². The summed E-state index contributed by atoms with van der Waals surface area (Å²) >= 11 is 0. The van der Waals surface area contributed by atoms with E-state index in [1.54, 1.807) is 0 Å². The van der Waals surface area contributed by atoms with Crippen LogP contribution in [0.5, 0.6) is 0 Å². The first kappa shape index (κ1) is 16.3. The number of carbonyl (C=O) groups is 2. The molecule has 0 aromatic carbocycles. The van der Waals surface area contributed by atoms with Gasteiger partial charge in [0.2, 0.25) is 0 Å². The Balaban J connectivity index is 1.44. The molecule has 138 valence electrons. The van der Waals surface area contributed by atoms with Crippen molar-refractivity contribution in [3.63, 3.8) is 0 Å². The monoisotopic (exact) mass is 346 g/mol. The number of hydrogen-bond donors (Lipinski definition) is 0. The van der Waals surface area contributed by atoms with Crippen LogP contribution in [0, 0.1) is 28.6 Å². The number of ether oxygens (including phenoxy) is 2. The zero-order valence-corrected chi connectivity index (χ0v) is 15.7. The average Bonchev–Trinajstić information content (AvgIpc) is 3.15. The molecule has 1 heterocycles. The predicted molar refractivity (Wildman–Crippen MR) is 91.8 cm³/mol. The molecule has 0 aromatic heterocycles. The van der Waals surface area contributed by atoms with Crippen LogP contribution in [-0.4, -0.2) is 29.6 Å². The third-order valence-electron chi connectivity index (χ3n) is 9.08. The van der Waals surface area contributed by atoms with Gasteiger partial charge in [0.15, 0.2) is 0 Å². The van der Waals surface area contributed by atoms with Gasteiger partial charge in [-0.15, -0.1) is 0 Å². The van der Waals surface area contributed by atoms with E-state index in [4.69, 9.17) is 9.47 Å². The lowest BCUT2D eigenvalue weighted by molar-refractivity contribution is -0.157. The second-order valence-electron chi connectivity index (χ2n) is 9.92. The van der Waals surface area contributed by atoms with Gasteiger partial charge in [0.25, 0.3) is 0 Å². The molecule has 25 heavy (non-hydrogen) atoms. The average molecular weight is 346 g/mol. The summed E-state index contributed by atoms with van der Waals surface area (Å²) in [7, 11) is 0. The van der Waals surface area contributed by atoms with Crippen LogP contribution >= 0.6 is 0 Å². The molecular formula is C21H30O4. The maximum atomic E-state index is 12.5. The zero-order valence-electron chi connectivity index (χ0n) is 15.7. The lowest BCUT2D eigenvalue weighted by Gasteiger charge is -2.58. The molecule has 1 aliphatic heterocycles. The van der Waals surface area contributed by atoms with Crippen LogP contribution in [0.25, 0.3) is 0 Å². The number of esters is 1. The summed E-state index contributed by atoms with van der Waals surface area (Å²) in [5.74, 6) is 2.19. The minimum atomic E-state index is -0.172. The third-order valence-corrected chi connectivity index (χ3v) is 9.08. The normalized spacial score (nSPS) is 56.3. The Bertz CT molecular complexity index is 644. The Hall–Kier alpha value is -0.900. The molecule has 1 saturated heterocycles. The first-order valence-corrected chi connectivity index (χ1v) is 10.2. The largest absolute Gasteiger partial charge is 0.462 e. The standard InChI is InChI=1S/C21H30O4/c1-12(22)24-13-6-9-20(3)16-7-8-19(2)15(4-5-17(19)23)14(16)10-18-21(20,11-13)25-18/h13-16,18H,4-11H2,1-3H3/t13?,14?,15?,16?,18-,19-,20+,21-/m0/s1. The van der Waals surface area contributed by atoms with Crippen molar-refractivity contribution in [1.29, 1.82) is 0 Å². The number of hydrogen-bond acceptors (Lipinski definition) is 4. The van der Waals surface area contributed by atoms with Gasteiger partial charge in [-0.3, -0.25) is 9.59 Å². The van der Waals surface area contributed by atoms with Gasteiger partial charge in [0.1, 0.15) is 17.5 Å². The Kier molecular flexibility index (Phi) is 3.18. The molecule has 4 aliphatic carbocycles. The number of Topliss-reactive ketones (excluding diaryl/α,β-unsaturated/α-hetero) is 1. The quantitative estimate of drug-likeness (QED) is 0.537. The van der Waals surface area contributed by atoms with Gasteiger partial charge >= 0.3 is 5.97 Å². The number of rotatable bonds is 1. The van der Waals surface area contributed by atoms with Crippen molar-refractivity contribution < 1.29 is 19.1 Å². The van der Waals surface area contributed by atoms with E-state index in [9.17, 15) is 9.59 Å². The maximum Gasteiger partial charge on any atom is 0.302 e. The number of carbonyl (C=O) groups excluding carboxylic acids is 2. The first-order valence-electron chi connectivity index (χ1n) is 10.2. The molecule has 0 amide bonds. The van der Waals surface area contributed by atoms with Crippen LogP contribution in [0.3, 0.4) is 0 Å². The summed E-state index contributed by atoms with van der Waals surface area (Å²) in [6.07, 6.45) is 8.45. The van der Waals surface area contributed by atoms with E-state index < -0.39 is 0 Å². The van der Waals surface area contributed by atoms with Crippen molar-refractivity contribution in [3.05, 3.63) is 0 Å². The van der Waals surface area contributed by atoms with Gasteiger partial charge in [0.05, 0.1) is 6.10 Å². The molecule has 1 spiro atoms. The van der Waals surface area contributed by atoms with Gasteiger partial charge in [-0.05, 0) is 56.3 Å². The van der Waals surface area contributed by atoms with Crippen LogP contribution in [-0.2, 0) is 19.1 Å². The van der Waals surface area contributed by atoms with Crippen LogP contribution in [0.2, 0.25) is 0 Å². The molecule has 4 saturated carbocycles. The number of fused-ring (bicyclic) bond motifs is 4. The van der Waals surface area contributed by atoms with Crippen LogP contribution in [0.4, 0.5) is 0 Å². The fourth-order valence-corrected chi connectivity index (χ4v) is 7.75. The van der Waals surface area contributed by atoms with Crippen molar-refractivity contribution in [1.82, 2.24) is 0 Å². The molecule has 5 rings (SSSR count). The summed E-state index contributed by atoms with van der Waals surface area (Å²) in [6, 6.07) is 0. The van der Waals surface area contributed by atoms with E-state index in [-0.39, 0.29) is 28.5 Å². The summed E-state index contributed by atoms with van der Waals surface area (Å²) in [6.45, 7) is 6.18. The van der Waals surface area contributed by atoms with Crippen LogP contribution < -0.4 is 0 Å². The van der Waals surface area contributed by atoms with Crippen molar-refractivity contribution in [2.24, 2.45) is 28.6 Å². The Morgan fingerprint density at radius 1 is 1.16 bits per heavy atom. The van der Waals surface area contributed by atoms with Crippen molar-refractivity contribution in [2.45, 2.75) is 89.9 Å². The van der Waals surface area contributed by atoms with Gasteiger partial charge in [-0.25, -0.2) is 0 Å². The van der Waals surface area contributed by atoms with E-state index in [2.05, 4.69) is 13.8 Å². The topological polar surface area (TPSA) is 55.9 Å². The van der Waals surface area contributed by atoms with E-state index in [1.807, 2.05) is 0 Å². The maximum absolute atomic E-state index is 12.5. The predicted octanol–water partition coefficient (Wildman–Crippen LogP) is 3.66. The highest BCUT2D eigenvalue weighted by molar-refractivity contribution is 5.87. The molecule has 0 N–H and O–H groups in total. The highest BCUT2D eigenvalue weighted by atomic mass is 16.6. The minimum absolute atomic E-state index is 0.0223. The molecule has 0 aromatic rings. The van der Waals surface area contributed by atoms with E-state index in [0.717, 1.165) is 51.4 Å². The van der Waals surface area contributed by atoms with Crippen molar-refractivity contribution >= 4 is 11.8 Å². The molecule has 0 bridgehead atoms. The van der Waals surface area contributed by atoms with E-state index in [0.29, 0.717) is 29.6 Å². The minimum Gasteiger partial charge on any atom is -0.462 e. The molecule has 4 nitrogen and oxygen atoms in total. The molecule has 5 aliphatic rings. The SMILES string of the molecule is CC(=O)OC1CC[C@]2(C)C3CC[C@]4(C)C(=O)CCC4C3C[C@@H]3O[C@@]32C1. The molecule has 4 unspecified atom stereocenters. The third kappa shape index (κ3) is 1.92. The molecule has 5 fully saturated rings. The second kappa shape index (κ2) is 4.88. The zero-order chi connectivity index (χ0) is 17.6. The van der Waals surface area contributed by atoms with Gasteiger partial charge in [0, 0.05) is 30.6 Å². The van der Waals surface area contributed by atoms with Gasteiger partial charge in [-0.1, -0.05) is 13.8 Å². The smallest absolute Gasteiger partial charge is 0.302 e. The summed E-state index contributed by atoms with van der Waals surface area (Å²) < 4.78 is 12.0. The lowest BCUT2D eigenvalue weighted by Crippen LogP contribution is -2.58. The fourth-order valence-electron chi connectivity index (χ4n) is 7.75. The number of epoxide rings is 1. The summed E-state index contributed by atoms with van der Waals surface area (Å²) in [5, 5.41) is 0. The van der Waals surface area contributed by atoms with Gasteiger partial charge < -0.3 is 9.47 Å². The second-order valence-corrected chi connectivity index (χ2v) is 9.92. The highest BCUT2D eigenvalue weighted by Crippen LogP contribution is 2.73. The van der Waals surface area contributed by atoms with E-state index >= 15 is 0 Å². The van der Waals surface area contributed by atoms with Crippen molar-refractivity contribution in [2.75, 3.05) is 0 Å². The number of ketones is 1. The summed E-state index contributed by atoms with van der Waals surface area (Å²) in [5.41, 5.74) is 0.0500. The molecule has 4 heteroatoms. The first-order chi connectivity index (χ1) is 11.8. The fraction of sp³-hybridized carbons (Fsp3) is 0.905. The molecule has 0 radical (unpaired) electrons. The van der Waals surface area contributed by atoms with Gasteiger partial charge in [-0.2, -0.15) is 0 Å². The Labute approximate surface area is 150 Å². The molecule has 8 atom stereocenters. The van der Waals surface area contributed by atoms with Crippen molar-refractivity contribution in [3.8, 4) is 0 Å². The molecular weight excluding hydrogens is 316 g/mol. The summed E-state index contributed by atoms with van der Waals surface area (Å²) in [4.78, 5) is 23.9.